The fraction of sp³-hybridized carbons (Fsp3) is 0.480. The quantitative estimate of drug-likeness (QED) is 0.581. The fourth-order valence-corrected chi connectivity index (χ4v) is 3.92. The number of aliphatic hydroxyl groups excluding tert-OH is 1. The van der Waals surface area contributed by atoms with Gasteiger partial charge in [-0.25, -0.2) is 4.79 Å². The highest BCUT2D eigenvalue weighted by atomic mass is 16.6. The zero-order valence-corrected chi connectivity index (χ0v) is 18.9. The molecule has 2 aromatic carbocycles. The first-order valence-corrected chi connectivity index (χ1v) is 10.9. The predicted octanol–water partition coefficient (Wildman–Crippen LogP) is 4.93. The average molecular weight is 413 g/mol. The highest BCUT2D eigenvalue weighted by Gasteiger charge is 2.23. The van der Waals surface area contributed by atoms with Gasteiger partial charge in [-0.3, -0.25) is 4.90 Å². The van der Waals surface area contributed by atoms with Crippen molar-refractivity contribution in [2.24, 2.45) is 0 Å². The van der Waals surface area contributed by atoms with Crippen LogP contribution in [-0.2, 0) is 6.61 Å². The lowest BCUT2D eigenvalue weighted by molar-refractivity contribution is 0.170. The fourth-order valence-electron chi connectivity index (χ4n) is 3.92. The van der Waals surface area contributed by atoms with E-state index in [1.807, 2.05) is 31.2 Å². The van der Waals surface area contributed by atoms with Crippen molar-refractivity contribution in [1.82, 2.24) is 10.2 Å². The number of hydrogen-bond acceptors (Lipinski definition) is 4. The van der Waals surface area contributed by atoms with Crippen LogP contribution < -0.4 is 10.1 Å². The first kappa shape index (κ1) is 23.9. The van der Waals surface area contributed by atoms with Crippen molar-refractivity contribution in [3.8, 4) is 5.75 Å². The lowest BCUT2D eigenvalue weighted by Crippen LogP contribution is -2.38. The Morgan fingerprint density at radius 1 is 1.07 bits per heavy atom. The Morgan fingerprint density at radius 2 is 1.73 bits per heavy atom. The molecule has 0 aliphatic rings. The molecule has 30 heavy (non-hydrogen) atoms. The molecule has 0 saturated carbocycles. The van der Waals surface area contributed by atoms with Crippen molar-refractivity contribution in [2.45, 2.75) is 65.6 Å². The maximum Gasteiger partial charge on any atom is 0.412 e. The normalized spacial score (nSPS) is 12.4. The third-order valence-electron chi connectivity index (χ3n) is 5.36. The van der Waals surface area contributed by atoms with E-state index in [0.717, 1.165) is 24.1 Å². The van der Waals surface area contributed by atoms with Crippen molar-refractivity contribution in [2.75, 3.05) is 13.1 Å². The summed E-state index contributed by atoms with van der Waals surface area (Å²) in [4.78, 5) is 14.6. The van der Waals surface area contributed by atoms with Crippen LogP contribution >= 0.6 is 0 Å². The monoisotopic (exact) mass is 412 g/mol. The largest absolute Gasteiger partial charge is 0.412 e. The van der Waals surface area contributed by atoms with E-state index in [-0.39, 0.29) is 12.5 Å². The van der Waals surface area contributed by atoms with Crippen molar-refractivity contribution in [3.05, 3.63) is 65.2 Å². The van der Waals surface area contributed by atoms with Gasteiger partial charge in [0.2, 0.25) is 0 Å². The van der Waals surface area contributed by atoms with Crippen LogP contribution in [0.4, 0.5) is 4.79 Å². The molecule has 0 heterocycles. The smallest absolute Gasteiger partial charge is 0.410 e. The number of carbonyl (C=O) groups excluding carboxylic acids is 1. The lowest BCUT2D eigenvalue weighted by atomic mass is 9.86. The summed E-state index contributed by atoms with van der Waals surface area (Å²) in [6.45, 7) is 12.1. The van der Waals surface area contributed by atoms with Crippen LogP contribution in [0.1, 0.15) is 63.6 Å². The van der Waals surface area contributed by atoms with Crippen LogP contribution in [0.3, 0.4) is 0 Å². The molecule has 0 fully saturated rings. The second kappa shape index (κ2) is 11.7. The van der Waals surface area contributed by atoms with Crippen LogP contribution in [0.5, 0.6) is 5.75 Å². The third-order valence-corrected chi connectivity index (χ3v) is 5.36. The van der Waals surface area contributed by atoms with Crippen LogP contribution in [0.2, 0.25) is 0 Å². The molecule has 1 amide bonds. The summed E-state index contributed by atoms with van der Waals surface area (Å²) < 4.78 is 5.64. The molecule has 0 aliphatic heterocycles. The Balaban J connectivity index is 2.45. The highest BCUT2D eigenvalue weighted by Crippen LogP contribution is 2.36. The molecule has 0 aromatic heterocycles. The van der Waals surface area contributed by atoms with Gasteiger partial charge in [-0.1, -0.05) is 36.4 Å². The van der Waals surface area contributed by atoms with E-state index < -0.39 is 6.09 Å². The summed E-state index contributed by atoms with van der Waals surface area (Å²) in [5, 5.41) is 12.4. The van der Waals surface area contributed by atoms with Crippen molar-refractivity contribution < 1.29 is 14.6 Å². The number of nitrogens with zero attached hydrogens (tertiary/aromatic N) is 1. The van der Waals surface area contributed by atoms with Crippen LogP contribution in [-0.4, -0.2) is 41.3 Å². The number of aliphatic hydroxyl groups is 1. The van der Waals surface area contributed by atoms with Crippen molar-refractivity contribution >= 4 is 6.09 Å². The maximum atomic E-state index is 12.1. The van der Waals surface area contributed by atoms with Gasteiger partial charge in [0, 0.05) is 30.1 Å². The van der Waals surface area contributed by atoms with E-state index in [2.05, 4.69) is 50.0 Å². The van der Waals surface area contributed by atoms with E-state index in [9.17, 15) is 9.90 Å². The summed E-state index contributed by atoms with van der Waals surface area (Å²) in [6.07, 6.45) is 0.411. The molecule has 164 valence electrons. The van der Waals surface area contributed by atoms with Gasteiger partial charge >= 0.3 is 6.09 Å². The Hall–Kier alpha value is -2.37. The van der Waals surface area contributed by atoms with Gasteiger partial charge in [0.15, 0.2) is 0 Å². The molecule has 1 unspecified atom stereocenters. The minimum atomic E-state index is -0.465. The maximum absolute atomic E-state index is 12.1. The molecule has 0 aliphatic carbocycles. The Kier molecular flexibility index (Phi) is 9.34. The minimum absolute atomic E-state index is 0.0436. The van der Waals surface area contributed by atoms with E-state index in [1.165, 1.54) is 5.56 Å². The first-order chi connectivity index (χ1) is 14.4. The number of nitrogens with one attached hydrogen (secondary N) is 1. The third kappa shape index (κ3) is 6.57. The predicted molar refractivity (Wildman–Crippen MR) is 122 cm³/mol. The second-order valence-corrected chi connectivity index (χ2v) is 8.13. The molecule has 1 atom stereocenters. The van der Waals surface area contributed by atoms with Crippen molar-refractivity contribution in [1.29, 1.82) is 0 Å². The molecule has 2 N–H and O–H groups in total. The summed E-state index contributed by atoms with van der Waals surface area (Å²) in [5.41, 5.74) is 2.89. The number of ether oxygens (including phenoxy) is 1. The van der Waals surface area contributed by atoms with Crippen molar-refractivity contribution in [3.63, 3.8) is 0 Å². The number of hydrogen-bond donors (Lipinski definition) is 2. The molecule has 5 nitrogen and oxygen atoms in total. The summed E-state index contributed by atoms with van der Waals surface area (Å²) >= 11 is 0. The Labute approximate surface area is 181 Å². The Morgan fingerprint density at radius 3 is 2.30 bits per heavy atom. The second-order valence-electron chi connectivity index (χ2n) is 8.13. The van der Waals surface area contributed by atoms with Gasteiger partial charge in [0.1, 0.15) is 5.75 Å². The number of amides is 1. The molecule has 0 radical (unpaired) electrons. The van der Waals surface area contributed by atoms with E-state index in [4.69, 9.17) is 4.74 Å². The molecule has 0 bridgehead atoms. The van der Waals surface area contributed by atoms with Gasteiger partial charge in [0.25, 0.3) is 0 Å². The standard InChI is InChI=1S/C25H36N2O3/c1-6-26-25(29)30-24-13-12-20(17-28)16-23(24)22(21-10-8-7-9-11-21)14-15-27(18(2)3)19(4)5/h7-13,16,18-19,22,28H,6,14-15,17H2,1-5H3,(H,26,29). The van der Waals surface area contributed by atoms with E-state index >= 15 is 0 Å². The lowest BCUT2D eigenvalue weighted by Gasteiger charge is -2.32. The van der Waals surface area contributed by atoms with Crippen LogP contribution in [0.25, 0.3) is 0 Å². The van der Waals surface area contributed by atoms with Gasteiger partial charge in [-0.05, 0) is 70.8 Å². The summed E-state index contributed by atoms with van der Waals surface area (Å²) in [6, 6.07) is 16.7. The average Bonchev–Trinajstić information content (AvgIpc) is 2.72. The van der Waals surface area contributed by atoms with E-state index in [1.54, 1.807) is 12.1 Å². The SMILES string of the molecule is CCNC(=O)Oc1ccc(CO)cc1C(CCN(C(C)C)C(C)C)c1ccccc1. The molecule has 0 spiro atoms. The van der Waals surface area contributed by atoms with Gasteiger partial charge in [-0.15, -0.1) is 0 Å². The summed E-state index contributed by atoms with van der Waals surface area (Å²) in [5.74, 6) is 0.578. The summed E-state index contributed by atoms with van der Waals surface area (Å²) in [7, 11) is 0. The zero-order chi connectivity index (χ0) is 22.1. The molecule has 2 rings (SSSR count). The first-order valence-electron chi connectivity index (χ1n) is 10.9. The topological polar surface area (TPSA) is 61.8 Å². The number of rotatable bonds is 10. The number of benzene rings is 2. The van der Waals surface area contributed by atoms with Crippen LogP contribution in [0, 0.1) is 0 Å². The molecule has 0 saturated heterocycles. The minimum Gasteiger partial charge on any atom is -0.410 e. The van der Waals surface area contributed by atoms with E-state index in [0.29, 0.717) is 24.4 Å². The molecular formula is C25H36N2O3. The molecular weight excluding hydrogens is 376 g/mol. The van der Waals surface area contributed by atoms with Gasteiger partial charge in [0.05, 0.1) is 6.61 Å². The van der Waals surface area contributed by atoms with Crippen LogP contribution in [0.15, 0.2) is 48.5 Å². The van der Waals surface area contributed by atoms with Gasteiger partial charge < -0.3 is 15.2 Å². The zero-order valence-electron chi connectivity index (χ0n) is 18.9. The molecule has 5 heteroatoms. The molecule has 2 aromatic rings. The highest BCUT2D eigenvalue weighted by molar-refractivity contribution is 5.71. The van der Waals surface area contributed by atoms with Gasteiger partial charge in [-0.2, -0.15) is 0 Å². The number of carbonyl (C=O) groups is 1. The Bertz CT molecular complexity index is 782.